The van der Waals surface area contributed by atoms with Crippen molar-refractivity contribution in [2.45, 2.75) is 51.6 Å². The summed E-state index contributed by atoms with van der Waals surface area (Å²) in [6.07, 6.45) is 5.42. The predicted octanol–water partition coefficient (Wildman–Crippen LogP) is 2.31. The first-order valence-corrected chi connectivity index (χ1v) is 7.12. The van der Waals surface area contributed by atoms with Crippen LogP contribution in [0, 0.1) is 11.3 Å². The zero-order chi connectivity index (χ0) is 12.2. The Morgan fingerprint density at radius 2 is 1.75 bits per heavy atom. The standard InChI is InChI=1S/C13H28N2S/c1-13(2)7-5-10(6-8-13)12(15-4)11(9-16)14-3/h10-12,14-16H,5-9H2,1-4H3. The van der Waals surface area contributed by atoms with Crippen molar-refractivity contribution in [3.8, 4) is 0 Å². The molecule has 2 atom stereocenters. The first-order chi connectivity index (χ1) is 7.54. The zero-order valence-electron chi connectivity index (χ0n) is 11.2. The van der Waals surface area contributed by atoms with Crippen LogP contribution >= 0.6 is 12.6 Å². The molecule has 0 heterocycles. The van der Waals surface area contributed by atoms with Gasteiger partial charge in [0.15, 0.2) is 0 Å². The van der Waals surface area contributed by atoms with Crippen LogP contribution in [-0.4, -0.2) is 31.9 Å². The van der Waals surface area contributed by atoms with Crippen LogP contribution in [0.5, 0.6) is 0 Å². The van der Waals surface area contributed by atoms with Gasteiger partial charge in [-0.3, -0.25) is 0 Å². The second-order valence-electron chi connectivity index (χ2n) is 5.89. The Bertz CT molecular complexity index is 192. The minimum atomic E-state index is 0.486. The zero-order valence-corrected chi connectivity index (χ0v) is 12.1. The highest BCUT2D eigenvalue weighted by atomic mass is 32.1. The van der Waals surface area contributed by atoms with Crippen LogP contribution in [0.1, 0.15) is 39.5 Å². The summed E-state index contributed by atoms with van der Waals surface area (Å²) in [6.45, 7) is 4.79. The van der Waals surface area contributed by atoms with Crippen molar-refractivity contribution >= 4 is 12.6 Å². The van der Waals surface area contributed by atoms with Crippen molar-refractivity contribution in [2.24, 2.45) is 11.3 Å². The number of nitrogens with one attached hydrogen (secondary N) is 2. The molecule has 0 radical (unpaired) electrons. The van der Waals surface area contributed by atoms with Crippen molar-refractivity contribution in [3.05, 3.63) is 0 Å². The minimum Gasteiger partial charge on any atom is -0.315 e. The Hall–Kier alpha value is 0.270. The Labute approximate surface area is 106 Å². The molecule has 2 nitrogen and oxygen atoms in total. The second kappa shape index (κ2) is 6.27. The molecule has 1 aliphatic rings. The molecule has 2 N–H and O–H groups in total. The van der Waals surface area contributed by atoms with Crippen LogP contribution in [-0.2, 0) is 0 Å². The number of likely N-dealkylation sites (N-methyl/N-ethyl adjacent to an activating group) is 2. The third-order valence-electron chi connectivity index (χ3n) is 4.23. The Kier molecular flexibility index (Phi) is 5.62. The lowest BCUT2D eigenvalue weighted by Crippen LogP contribution is -2.51. The van der Waals surface area contributed by atoms with Gasteiger partial charge >= 0.3 is 0 Å². The molecule has 0 spiro atoms. The van der Waals surface area contributed by atoms with Gasteiger partial charge in [-0.05, 0) is 51.1 Å². The van der Waals surface area contributed by atoms with E-state index in [4.69, 9.17) is 0 Å². The van der Waals surface area contributed by atoms with Crippen molar-refractivity contribution in [1.29, 1.82) is 0 Å². The fourth-order valence-electron chi connectivity index (χ4n) is 2.93. The van der Waals surface area contributed by atoms with Crippen LogP contribution in [0.25, 0.3) is 0 Å². The SMILES string of the molecule is CNC(CS)C(NC)C1CCC(C)(C)CC1. The molecule has 0 aromatic carbocycles. The van der Waals surface area contributed by atoms with Crippen LogP contribution < -0.4 is 10.6 Å². The molecule has 16 heavy (non-hydrogen) atoms. The van der Waals surface area contributed by atoms with E-state index in [1.807, 2.05) is 7.05 Å². The van der Waals surface area contributed by atoms with Crippen molar-refractivity contribution in [2.75, 3.05) is 19.8 Å². The van der Waals surface area contributed by atoms with E-state index in [1.54, 1.807) is 0 Å². The quantitative estimate of drug-likeness (QED) is 0.647. The third kappa shape index (κ3) is 3.64. The lowest BCUT2D eigenvalue weighted by molar-refractivity contribution is 0.152. The van der Waals surface area contributed by atoms with Crippen LogP contribution in [0.3, 0.4) is 0 Å². The number of thiol groups is 1. The van der Waals surface area contributed by atoms with E-state index >= 15 is 0 Å². The summed E-state index contributed by atoms with van der Waals surface area (Å²) in [5, 5.41) is 6.87. The van der Waals surface area contributed by atoms with Gasteiger partial charge in [-0.1, -0.05) is 13.8 Å². The molecule has 0 aliphatic heterocycles. The summed E-state index contributed by atoms with van der Waals surface area (Å²) in [7, 11) is 4.12. The molecule has 1 saturated carbocycles. The first-order valence-electron chi connectivity index (χ1n) is 6.49. The summed E-state index contributed by atoms with van der Waals surface area (Å²) in [5.74, 6) is 1.71. The molecule has 0 aromatic heterocycles. The van der Waals surface area contributed by atoms with Gasteiger partial charge in [-0.2, -0.15) is 12.6 Å². The number of hydrogen-bond donors (Lipinski definition) is 3. The Balaban J connectivity index is 2.55. The summed E-state index contributed by atoms with van der Waals surface area (Å²) in [5.41, 5.74) is 0.560. The van der Waals surface area contributed by atoms with E-state index in [0.717, 1.165) is 11.7 Å². The normalized spacial score (nSPS) is 25.3. The molecule has 0 aromatic rings. The number of rotatable bonds is 5. The highest BCUT2D eigenvalue weighted by molar-refractivity contribution is 7.80. The van der Waals surface area contributed by atoms with E-state index in [0.29, 0.717) is 17.5 Å². The van der Waals surface area contributed by atoms with Gasteiger partial charge in [0.25, 0.3) is 0 Å². The van der Waals surface area contributed by atoms with Gasteiger partial charge in [0, 0.05) is 17.8 Å². The predicted molar refractivity (Wildman–Crippen MR) is 75.3 cm³/mol. The van der Waals surface area contributed by atoms with E-state index in [-0.39, 0.29) is 0 Å². The van der Waals surface area contributed by atoms with E-state index in [2.05, 4.69) is 44.2 Å². The maximum Gasteiger partial charge on any atom is 0.0309 e. The van der Waals surface area contributed by atoms with Crippen LogP contribution in [0.4, 0.5) is 0 Å². The molecule has 0 saturated heterocycles. The molecule has 1 aliphatic carbocycles. The van der Waals surface area contributed by atoms with Crippen molar-refractivity contribution < 1.29 is 0 Å². The third-order valence-corrected chi connectivity index (χ3v) is 4.62. The summed E-state index contributed by atoms with van der Waals surface area (Å²) < 4.78 is 0. The van der Waals surface area contributed by atoms with Crippen LogP contribution in [0.2, 0.25) is 0 Å². The average molecular weight is 244 g/mol. The van der Waals surface area contributed by atoms with E-state index in [9.17, 15) is 0 Å². The van der Waals surface area contributed by atoms with Crippen molar-refractivity contribution in [3.63, 3.8) is 0 Å². The van der Waals surface area contributed by atoms with Gasteiger partial charge in [-0.15, -0.1) is 0 Å². The van der Waals surface area contributed by atoms with Gasteiger partial charge < -0.3 is 10.6 Å². The van der Waals surface area contributed by atoms with Gasteiger partial charge in [0.2, 0.25) is 0 Å². The number of hydrogen-bond acceptors (Lipinski definition) is 3. The van der Waals surface area contributed by atoms with Crippen molar-refractivity contribution in [1.82, 2.24) is 10.6 Å². The maximum atomic E-state index is 4.44. The fraction of sp³-hybridized carbons (Fsp3) is 1.00. The lowest BCUT2D eigenvalue weighted by atomic mass is 9.70. The Morgan fingerprint density at radius 3 is 2.12 bits per heavy atom. The fourth-order valence-corrected chi connectivity index (χ4v) is 3.34. The molecule has 0 amide bonds. The lowest BCUT2D eigenvalue weighted by Gasteiger charge is -2.40. The molecule has 96 valence electrons. The summed E-state index contributed by atoms with van der Waals surface area (Å²) >= 11 is 4.44. The smallest absolute Gasteiger partial charge is 0.0309 e. The second-order valence-corrected chi connectivity index (χ2v) is 6.26. The molecule has 2 unspecified atom stereocenters. The maximum absolute atomic E-state index is 4.44. The van der Waals surface area contributed by atoms with Gasteiger partial charge in [0.1, 0.15) is 0 Å². The van der Waals surface area contributed by atoms with Gasteiger partial charge in [-0.25, -0.2) is 0 Å². The largest absolute Gasteiger partial charge is 0.315 e. The first kappa shape index (κ1) is 14.3. The minimum absolute atomic E-state index is 0.486. The van der Waals surface area contributed by atoms with Gasteiger partial charge in [0.05, 0.1) is 0 Å². The van der Waals surface area contributed by atoms with E-state index < -0.39 is 0 Å². The average Bonchev–Trinajstić information content (AvgIpc) is 2.26. The molecule has 0 bridgehead atoms. The summed E-state index contributed by atoms with van der Waals surface area (Å²) in [4.78, 5) is 0. The monoisotopic (exact) mass is 244 g/mol. The van der Waals surface area contributed by atoms with Crippen LogP contribution in [0.15, 0.2) is 0 Å². The summed E-state index contributed by atoms with van der Waals surface area (Å²) in [6, 6.07) is 1.05. The highest BCUT2D eigenvalue weighted by Crippen LogP contribution is 2.39. The molecule has 1 fully saturated rings. The Morgan fingerprint density at radius 1 is 1.19 bits per heavy atom. The molecule has 1 rings (SSSR count). The van der Waals surface area contributed by atoms with E-state index in [1.165, 1.54) is 25.7 Å². The molecule has 3 heteroatoms. The molecular formula is C13H28N2S. The highest BCUT2D eigenvalue weighted by Gasteiger charge is 2.33. The molecular weight excluding hydrogens is 216 g/mol. The topological polar surface area (TPSA) is 24.1 Å².